The molecule has 1 aliphatic heterocycles. The van der Waals surface area contributed by atoms with Crippen LogP contribution in [0.1, 0.15) is 25.5 Å². The Morgan fingerprint density at radius 1 is 1.29 bits per heavy atom. The first-order valence-electron chi connectivity index (χ1n) is 6.04. The van der Waals surface area contributed by atoms with Crippen LogP contribution in [-0.4, -0.2) is 30.8 Å². The molecule has 0 aliphatic carbocycles. The lowest BCUT2D eigenvalue weighted by atomic mass is 9.94. The minimum absolute atomic E-state index is 0.0793. The zero-order chi connectivity index (χ0) is 12.3. The van der Waals surface area contributed by atoms with Crippen molar-refractivity contribution in [2.45, 2.75) is 32.3 Å². The van der Waals surface area contributed by atoms with Crippen molar-refractivity contribution in [3.63, 3.8) is 0 Å². The molecule has 1 fully saturated rings. The van der Waals surface area contributed by atoms with E-state index in [2.05, 4.69) is 17.2 Å². The van der Waals surface area contributed by atoms with Gasteiger partial charge in [0, 0.05) is 17.8 Å². The lowest BCUT2D eigenvalue weighted by Gasteiger charge is -2.34. The van der Waals surface area contributed by atoms with Gasteiger partial charge in [-0.05, 0) is 39.8 Å². The van der Waals surface area contributed by atoms with Gasteiger partial charge >= 0.3 is 0 Å². The summed E-state index contributed by atoms with van der Waals surface area (Å²) in [4.78, 5) is 4.25. The molecular weight excluding hydrogens is 216 g/mol. The number of rotatable bonds is 3. The Morgan fingerprint density at radius 3 is 2.65 bits per heavy atom. The highest BCUT2D eigenvalue weighted by Crippen LogP contribution is 2.28. The van der Waals surface area contributed by atoms with E-state index in [1.165, 1.54) is 0 Å². The van der Waals surface area contributed by atoms with Crippen molar-refractivity contribution in [1.82, 2.24) is 10.3 Å². The fourth-order valence-corrected chi connectivity index (χ4v) is 2.11. The van der Waals surface area contributed by atoms with Crippen LogP contribution in [0.2, 0.25) is 0 Å². The van der Waals surface area contributed by atoms with Crippen LogP contribution in [0.3, 0.4) is 0 Å². The van der Waals surface area contributed by atoms with Gasteiger partial charge in [0.2, 0.25) is 5.88 Å². The Kier molecular flexibility index (Phi) is 3.52. The van der Waals surface area contributed by atoms with Gasteiger partial charge in [-0.3, -0.25) is 0 Å². The first-order valence-corrected chi connectivity index (χ1v) is 6.04. The second-order valence-corrected chi connectivity index (χ2v) is 4.79. The molecule has 2 heterocycles. The van der Waals surface area contributed by atoms with E-state index in [4.69, 9.17) is 9.47 Å². The quantitative estimate of drug-likeness (QED) is 0.870. The first-order chi connectivity index (χ1) is 8.11. The molecule has 1 saturated heterocycles. The van der Waals surface area contributed by atoms with Gasteiger partial charge < -0.3 is 14.8 Å². The minimum atomic E-state index is -0.0793. The molecule has 94 valence electrons. The first kappa shape index (κ1) is 12.2. The lowest BCUT2D eigenvalue weighted by Crippen LogP contribution is -2.43. The lowest BCUT2D eigenvalue weighted by molar-refractivity contribution is 0.0552. The maximum Gasteiger partial charge on any atom is 0.216 e. The van der Waals surface area contributed by atoms with Crippen molar-refractivity contribution in [2.75, 3.05) is 20.2 Å². The summed E-state index contributed by atoms with van der Waals surface area (Å²) >= 11 is 0. The number of hydrogen-bond donors (Lipinski definition) is 1. The molecule has 0 unspecified atom stereocenters. The third kappa shape index (κ3) is 3.09. The van der Waals surface area contributed by atoms with Gasteiger partial charge in [-0.1, -0.05) is 0 Å². The highest BCUT2D eigenvalue weighted by Gasteiger charge is 2.28. The molecule has 0 atom stereocenters. The number of pyridine rings is 1. The molecular formula is C13H20N2O2. The molecule has 1 aromatic heterocycles. The normalized spacial score (nSPS) is 18.8. The van der Waals surface area contributed by atoms with Crippen LogP contribution >= 0.6 is 0 Å². The average Bonchev–Trinajstić information content (AvgIpc) is 2.28. The van der Waals surface area contributed by atoms with Gasteiger partial charge in [-0.2, -0.15) is 0 Å². The van der Waals surface area contributed by atoms with E-state index in [0.29, 0.717) is 5.88 Å². The second-order valence-electron chi connectivity index (χ2n) is 4.79. The monoisotopic (exact) mass is 236 g/mol. The summed E-state index contributed by atoms with van der Waals surface area (Å²) in [5.74, 6) is 1.45. The van der Waals surface area contributed by atoms with Crippen molar-refractivity contribution in [3.8, 4) is 11.6 Å². The molecule has 1 N–H and O–H groups in total. The standard InChI is InChI=1S/C13H20N2O2/c1-10-8-11(9-12(15-10)16-3)17-13(2)4-6-14-7-5-13/h8-9,14H,4-7H2,1-3H3. The molecule has 1 aromatic rings. The Bertz CT molecular complexity index is 387. The topological polar surface area (TPSA) is 43.4 Å². The van der Waals surface area contributed by atoms with Gasteiger partial charge in [0.25, 0.3) is 0 Å². The number of nitrogens with one attached hydrogen (secondary N) is 1. The Morgan fingerprint density at radius 2 is 2.00 bits per heavy atom. The fourth-order valence-electron chi connectivity index (χ4n) is 2.11. The zero-order valence-electron chi connectivity index (χ0n) is 10.7. The van der Waals surface area contributed by atoms with Gasteiger partial charge in [0.05, 0.1) is 7.11 Å². The third-order valence-electron chi connectivity index (χ3n) is 3.14. The van der Waals surface area contributed by atoms with Crippen LogP contribution in [0, 0.1) is 6.92 Å². The summed E-state index contributed by atoms with van der Waals surface area (Å²) in [5.41, 5.74) is 0.834. The van der Waals surface area contributed by atoms with Crippen LogP contribution in [0.15, 0.2) is 12.1 Å². The van der Waals surface area contributed by atoms with Crippen molar-refractivity contribution >= 4 is 0 Å². The largest absolute Gasteiger partial charge is 0.487 e. The molecule has 0 bridgehead atoms. The highest BCUT2D eigenvalue weighted by atomic mass is 16.5. The average molecular weight is 236 g/mol. The number of hydrogen-bond acceptors (Lipinski definition) is 4. The summed E-state index contributed by atoms with van der Waals surface area (Å²) < 4.78 is 11.3. The van der Waals surface area contributed by atoms with Crippen molar-refractivity contribution in [2.24, 2.45) is 0 Å². The molecule has 0 spiro atoms. The van der Waals surface area contributed by atoms with Gasteiger partial charge in [-0.15, -0.1) is 0 Å². The van der Waals surface area contributed by atoms with Crippen LogP contribution < -0.4 is 14.8 Å². The maximum atomic E-state index is 6.11. The van der Waals surface area contributed by atoms with Crippen LogP contribution in [0.5, 0.6) is 11.6 Å². The Labute approximate surface area is 102 Å². The predicted molar refractivity (Wildman–Crippen MR) is 66.7 cm³/mol. The summed E-state index contributed by atoms with van der Waals surface area (Å²) in [6.45, 7) is 6.13. The SMILES string of the molecule is COc1cc(OC2(C)CCNCC2)cc(C)n1. The van der Waals surface area contributed by atoms with E-state index < -0.39 is 0 Å². The van der Waals surface area contributed by atoms with Gasteiger partial charge in [0.1, 0.15) is 11.4 Å². The van der Waals surface area contributed by atoms with Gasteiger partial charge in [0.15, 0.2) is 0 Å². The number of aryl methyl sites for hydroxylation is 1. The second kappa shape index (κ2) is 4.92. The summed E-state index contributed by atoms with van der Waals surface area (Å²) in [6.07, 6.45) is 2.05. The molecule has 0 radical (unpaired) electrons. The number of methoxy groups -OCH3 is 1. The fraction of sp³-hybridized carbons (Fsp3) is 0.615. The number of aromatic nitrogens is 1. The van der Waals surface area contributed by atoms with Crippen molar-refractivity contribution in [3.05, 3.63) is 17.8 Å². The molecule has 1 aliphatic rings. The molecule has 0 aromatic carbocycles. The van der Waals surface area contributed by atoms with Crippen LogP contribution in [-0.2, 0) is 0 Å². The highest BCUT2D eigenvalue weighted by molar-refractivity contribution is 5.30. The Hall–Kier alpha value is -1.29. The molecule has 0 amide bonds. The summed E-state index contributed by atoms with van der Waals surface area (Å²) in [7, 11) is 1.62. The number of piperidine rings is 1. The molecule has 0 saturated carbocycles. The number of ether oxygens (including phenoxy) is 2. The zero-order valence-corrected chi connectivity index (χ0v) is 10.7. The summed E-state index contributed by atoms with van der Waals surface area (Å²) in [6, 6.07) is 3.80. The van der Waals surface area contributed by atoms with E-state index in [-0.39, 0.29) is 5.60 Å². The molecule has 17 heavy (non-hydrogen) atoms. The van der Waals surface area contributed by atoms with Crippen LogP contribution in [0.4, 0.5) is 0 Å². The molecule has 4 nitrogen and oxygen atoms in total. The molecule has 4 heteroatoms. The van der Waals surface area contributed by atoms with Crippen LogP contribution in [0.25, 0.3) is 0 Å². The number of nitrogens with zero attached hydrogens (tertiary/aromatic N) is 1. The Balaban J connectivity index is 2.14. The minimum Gasteiger partial charge on any atom is -0.487 e. The van der Waals surface area contributed by atoms with E-state index in [1.807, 2.05) is 19.1 Å². The van der Waals surface area contributed by atoms with Gasteiger partial charge in [-0.25, -0.2) is 4.98 Å². The van der Waals surface area contributed by atoms with E-state index in [0.717, 1.165) is 37.4 Å². The van der Waals surface area contributed by atoms with Crippen molar-refractivity contribution < 1.29 is 9.47 Å². The van der Waals surface area contributed by atoms with E-state index in [9.17, 15) is 0 Å². The smallest absolute Gasteiger partial charge is 0.216 e. The van der Waals surface area contributed by atoms with E-state index in [1.54, 1.807) is 7.11 Å². The summed E-state index contributed by atoms with van der Waals surface area (Å²) in [5, 5.41) is 3.34. The third-order valence-corrected chi connectivity index (χ3v) is 3.14. The molecule has 2 rings (SSSR count). The predicted octanol–water partition coefficient (Wildman–Crippen LogP) is 1.92. The van der Waals surface area contributed by atoms with Crippen molar-refractivity contribution in [1.29, 1.82) is 0 Å². The van der Waals surface area contributed by atoms with E-state index >= 15 is 0 Å². The maximum absolute atomic E-state index is 6.11.